The Morgan fingerprint density at radius 1 is 0.688 bits per heavy atom. The van der Waals surface area contributed by atoms with Crippen LogP contribution in [0.15, 0.2) is 97.1 Å². The topological polar surface area (TPSA) is 55.4 Å². The van der Waals surface area contributed by atoms with Gasteiger partial charge >= 0.3 is 5.97 Å². The van der Waals surface area contributed by atoms with Crippen LogP contribution in [0.2, 0.25) is 10.0 Å². The second-order valence-corrected chi connectivity index (χ2v) is 7.78. The number of esters is 1. The number of amides is 1. The van der Waals surface area contributed by atoms with Crippen LogP contribution in [0.3, 0.4) is 0 Å². The molecule has 4 aromatic carbocycles. The lowest BCUT2D eigenvalue weighted by molar-refractivity contribution is 0.0734. The average Bonchev–Trinajstić information content (AvgIpc) is 2.82. The van der Waals surface area contributed by atoms with Crippen LogP contribution in [-0.2, 0) is 0 Å². The van der Waals surface area contributed by atoms with Crippen LogP contribution in [0.5, 0.6) is 5.75 Å². The van der Waals surface area contributed by atoms with Gasteiger partial charge in [0.25, 0.3) is 5.91 Å². The third-order valence-corrected chi connectivity index (χ3v) is 5.30. The molecular weight excluding hydrogens is 445 g/mol. The van der Waals surface area contributed by atoms with Gasteiger partial charge in [0.2, 0.25) is 0 Å². The largest absolute Gasteiger partial charge is 0.423 e. The van der Waals surface area contributed by atoms with E-state index >= 15 is 0 Å². The SMILES string of the molecule is O=C(Nc1cc(Cl)ccc1Cl)c1ccc(OC(=O)c2ccc(-c3ccccc3)cc2)cc1. The van der Waals surface area contributed by atoms with Gasteiger partial charge in [-0.25, -0.2) is 4.79 Å². The van der Waals surface area contributed by atoms with E-state index in [1.807, 2.05) is 42.5 Å². The van der Waals surface area contributed by atoms with Crippen molar-refractivity contribution >= 4 is 40.8 Å². The highest BCUT2D eigenvalue weighted by molar-refractivity contribution is 6.35. The molecular formula is C26H17Cl2NO3. The van der Waals surface area contributed by atoms with Gasteiger partial charge in [-0.3, -0.25) is 4.79 Å². The maximum Gasteiger partial charge on any atom is 0.343 e. The molecule has 0 heterocycles. The third-order valence-electron chi connectivity index (χ3n) is 4.73. The Morgan fingerprint density at radius 3 is 2.00 bits per heavy atom. The zero-order valence-corrected chi connectivity index (χ0v) is 18.2. The van der Waals surface area contributed by atoms with Gasteiger partial charge in [0.05, 0.1) is 16.3 Å². The van der Waals surface area contributed by atoms with E-state index in [9.17, 15) is 9.59 Å². The molecule has 0 unspecified atom stereocenters. The van der Waals surface area contributed by atoms with E-state index in [1.54, 1.807) is 54.6 Å². The molecule has 158 valence electrons. The summed E-state index contributed by atoms with van der Waals surface area (Å²) in [4.78, 5) is 24.9. The lowest BCUT2D eigenvalue weighted by atomic mass is 10.0. The van der Waals surface area contributed by atoms with Crippen LogP contribution in [-0.4, -0.2) is 11.9 Å². The fraction of sp³-hybridized carbons (Fsp3) is 0. The molecule has 1 N–H and O–H groups in total. The number of ether oxygens (including phenoxy) is 1. The Kier molecular flexibility index (Phi) is 6.55. The fourth-order valence-corrected chi connectivity index (χ4v) is 3.39. The van der Waals surface area contributed by atoms with Gasteiger partial charge in [-0.05, 0) is 65.7 Å². The summed E-state index contributed by atoms with van der Waals surface area (Å²) in [7, 11) is 0. The maximum atomic E-state index is 12.5. The first-order chi connectivity index (χ1) is 15.5. The molecule has 32 heavy (non-hydrogen) atoms. The zero-order valence-electron chi connectivity index (χ0n) is 16.7. The smallest absolute Gasteiger partial charge is 0.343 e. The number of benzene rings is 4. The summed E-state index contributed by atoms with van der Waals surface area (Å²) in [5.41, 5.74) is 3.31. The Labute approximate surface area is 195 Å². The molecule has 0 bridgehead atoms. The highest BCUT2D eigenvalue weighted by Gasteiger charge is 2.12. The van der Waals surface area contributed by atoms with Gasteiger partial charge < -0.3 is 10.1 Å². The summed E-state index contributed by atoms with van der Waals surface area (Å²) < 4.78 is 5.42. The van der Waals surface area contributed by atoms with Crippen molar-refractivity contribution < 1.29 is 14.3 Å². The highest BCUT2D eigenvalue weighted by Crippen LogP contribution is 2.26. The van der Waals surface area contributed by atoms with Gasteiger partial charge in [0.15, 0.2) is 0 Å². The lowest BCUT2D eigenvalue weighted by Crippen LogP contribution is -2.12. The van der Waals surface area contributed by atoms with Crippen LogP contribution >= 0.6 is 23.2 Å². The number of carbonyl (C=O) groups excluding carboxylic acids is 2. The lowest BCUT2D eigenvalue weighted by Gasteiger charge is -2.09. The number of carbonyl (C=O) groups is 2. The Hall–Kier alpha value is -3.60. The molecule has 0 saturated carbocycles. The first-order valence-corrected chi connectivity index (χ1v) is 10.5. The van der Waals surface area contributed by atoms with Crippen molar-refractivity contribution in [3.8, 4) is 16.9 Å². The maximum absolute atomic E-state index is 12.5. The molecule has 0 aliphatic heterocycles. The zero-order chi connectivity index (χ0) is 22.5. The summed E-state index contributed by atoms with van der Waals surface area (Å²) >= 11 is 12.0. The molecule has 1 amide bonds. The van der Waals surface area contributed by atoms with Crippen LogP contribution in [0.25, 0.3) is 11.1 Å². The van der Waals surface area contributed by atoms with Gasteiger partial charge in [-0.2, -0.15) is 0 Å². The van der Waals surface area contributed by atoms with Gasteiger partial charge in [-0.15, -0.1) is 0 Å². The Balaban J connectivity index is 1.40. The van der Waals surface area contributed by atoms with E-state index in [-0.39, 0.29) is 5.91 Å². The minimum Gasteiger partial charge on any atom is -0.423 e. The standard InChI is InChI=1S/C26H17Cl2NO3/c27-21-12-15-23(28)24(16-21)29-25(30)19-10-13-22(14-11-19)32-26(31)20-8-6-18(7-9-20)17-4-2-1-3-5-17/h1-16H,(H,29,30). The minimum atomic E-state index is -0.479. The van der Waals surface area contributed by atoms with Gasteiger partial charge in [0, 0.05) is 10.6 Å². The van der Waals surface area contributed by atoms with Crippen LogP contribution < -0.4 is 10.1 Å². The summed E-state index contributed by atoms with van der Waals surface area (Å²) in [6.07, 6.45) is 0. The Bertz CT molecular complexity index is 1250. The molecule has 0 radical (unpaired) electrons. The normalized spacial score (nSPS) is 10.4. The van der Waals surface area contributed by atoms with Crippen molar-refractivity contribution in [2.24, 2.45) is 0 Å². The third kappa shape index (κ3) is 5.17. The number of halogens is 2. The number of nitrogens with one attached hydrogen (secondary N) is 1. The minimum absolute atomic E-state index is 0.333. The number of rotatable bonds is 5. The van der Waals surface area contributed by atoms with E-state index in [2.05, 4.69) is 5.32 Å². The quantitative estimate of drug-likeness (QED) is 0.254. The molecule has 0 spiro atoms. The predicted octanol–water partition coefficient (Wildman–Crippen LogP) is 7.13. The van der Waals surface area contributed by atoms with Gasteiger partial charge in [0.1, 0.15) is 5.75 Å². The van der Waals surface area contributed by atoms with Crippen LogP contribution in [0, 0.1) is 0 Å². The predicted molar refractivity (Wildman–Crippen MR) is 128 cm³/mol. The van der Waals surface area contributed by atoms with E-state index in [4.69, 9.17) is 27.9 Å². The van der Waals surface area contributed by atoms with E-state index in [0.717, 1.165) is 11.1 Å². The number of anilines is 1. The molecule has 0 atom stereocenters. The average molecular weight is 462 g/mol. The molecule has 0 fully saturated rings. The number of hydrogen-bond acceptors (Lipinski definition) is 3. The van der Waals surface area contributed by atoms with Crippen molar-refractivity contribution in [2.45, 2.75) is 0 Å². The molecule has 0 aliphatic carbocycles. The van der Waals surface area contributed by atoms with Gasteiger partial charge in [-0.1, -0.05) is 65.7 Å². The fourth-order valence-electron chi connectivity index (χ4n) is 3.06. The first kappa shape index (κ1) is 21.6. The van der Waals surface area contributed by atoms with E-state index in [0.29, 0.717) is 32.6 Å². The molecule has 4 rings (SSSR count). The summed E-state index contributed by atoms with van der Waals surface area (Å²) in [5.74, 6) is -0.504. The van der Waals surface area contributed by atoms with Crippen LogP contribution in [0.4, 0.5) is 5.69 Å². The summed E-state index contributed by atoms with van der Waals surface area (Å²) in [6.45, 7) is 0. The summed E-state index contributed by atoms with van der Waals surface area (Å²) in [5, 5.41) is 3.55. The Morgan fingerprint density at radius 2 is 1.31 bits per heavy atom. The molecule has 4 aromatic rings. The molecule has 4 nitrogen and oxygen atoms in total. The van der Waals surface area contributed by atoms with E-state index < -0.39 is 5.97 Å². The number of hydrogen-bond donors (Lipinski definition) is 1. The summed E-state index contributed by atoms with van der Waals surface area (Å²) in [6, 6.07) is 28.2. The van der Waals surface area contributed by atoms with Crippen molar-refractivity contribution in [3.05, 3.63) is 118 Å². The van der Waals surface area contributed by atoms with Crippen molar-refractivity contribution in [3.63, 3.8) is 0 Å². The second kappa shape index (κ2) is 9.69. The first-order valence-electron chi connectivity index (χ1n) is 9.74. The van der Waals surface area contributed by atoms with Crippen molar-refractivity contribution in [1.29, 1.82) is 0 Å². The molecule has 6 heteroatoms. The molecule has 0 saturated heterocycles. The van der Waals surface area contributed by atoms with Crippen LogP contribution in [0.1, 0.15) is 20.7 Å². The second-order valence-electron chi connectivity index (χ2n) is 6.94. The monoisotopic (exact) mass is 461 g/mol. The highest BCUT2D eigenvalue weighted by atomic mass is 35.5. The van der Waals surface area contributed by atoms with Crippen molar-refractivity contribution in [1.82, 2.24) is 0 Å². The molecule has 0 aromatic heterocycles. The van der Waals surface area contributed by atoms with E-state index in [1.165, 1.54) is 0 Å². The molecule has 0 aliphatic rings. The van der Waals surface area contributed by atoms with Crippen molar-refractivity contribution in [2.75, 3.05) is 5.32 Å².